The first-order valence-corrected chi connectivity index (χ1v) is 5.18. The average molecular weight is 200 g/mol. The molecule has 0 N–H and O–H groups in total. The maximum Gasteiger partial charge on any atom is 0.163 e. The minimum Gasteiger partial charge on any atom is -0.349 e. The minimum atomic E-state index is -0.198. The number of carbonyl (C=O) groups excluding carboxylic acids is 1. The Balaban J connectivity index is 2.58. The molecule has 0 amide bonds. The third-order valence-corrected chi connectivity index (χ3v) is 2.33. The van der Waals surface area contributed by atoms with Crippen molar-refractivity contribution in [3.63, 3.8) is 0 Å². The molecule has 3 nitrogen and oxygen atoms in total. The molecule has 0 radical (unpaired) electrons. The van der Waals surface area contributed by atoms with Crippen LogP contribution >= 0.6 is 0 Å². The molecule has 1 aliphatic heterocycles. The van der Waals surface area contributed by atoms with E-state index in [1.807, 2.05) is 6.92 Å². The maximum atomic E-state index is 10.4. The summed E-state index contributed by atoms with van der Waals surface area (Å²) < 4.78 is 11.4. The van der Waals surface area contributed by atoms with E-state index < -0.39 is 0 Å². The van der Waals surface area contributed by atoms with Crippen molar-refractivity contribution in [2.24, 2.45) is 5.41 Å². The Hall–Kier alpha value is -0.410. The van der Waals surface area contributed by atoms with Crippen LogP contribution in [0.25, 0.3) is 0 Å². The molecule has 14 heavy (non-hydrogen) atoms. The standard InChI is InChI=1S/C11H20O3/c1-8-7-9(5-6-12)14-10(13-8)11(2,3)4/h6,8-10H,5,7H2,1-4H3/t8-,9-,10+/m1/s1. The first-order valence-electron chi connectivity index (χ1n) is 5.18. The van der Waals surface area contributed by atoms with Crippen LogP contribution in [0.2, 0.25) is 0 Å². The zero-order chi connectivity index (χ0) is 10.8. The highest BCUT2D eigenvalue weighted by Crippen LogP contribution is 2.31. The van der Waals surface area contributed by atoms with Crippen molar-refractivity contribution in [3.05, 3.63) is 0 Å². The number of aldehydes is 1. The molecule has 0 spiro atoms. The molecule has 0 aromatic rings. The molecular formula is C11H20O3. The van der Waals surface area contributed by atoms with Gasteiger partial charge in [-0.15, -0.1) is 0 Å². The summed E-state index contributed by atoms with van der Waals surface area (Å²) in [6, 6.07) is 0. The van der Waals surface area contributed by atoms with Crippen LogP contribution in [-0.4, -0.2) is 24.8 Å². The van der Waals surface area contributed by atoms with Crippen molar-refractivity contribution in [2.45, 2.75) is 59.0 Å². The second-order valence-electron chi connectivity index (χ2n) is 5.04. The molecule has 1 saturated heterocycles. The van der Waals surface area contributed by atoms with Crippen LogP contribution in [0.5, 0.6) is 0 Å². The second kappa shape index (κ2) is 4.41. The van der Waals surface area contributed by atoms with Crippen LogP contribution in [-0.2, 0) is 14.3 Å². The van der Waals surface area contributed by atoms with E-state index in [2.05, 4.69) is 20.8 Å². The van der Waals surface area contributed by atoms with Gasteiger partial charge in [-0.3, -0.25) is 0 Å². The molecule has 3 heteroatoms. The molecular weight excluding hydrogens is 180 g/mol. The molecule has 0 aromatic heterocycles. The van der Waals surface area contributed by atoms with E-state index >= 15 is 0 Å². The highest BCUT2D eigenvalue weighted by Gasteiger charge is 2.35. The largest absolute Gasteiger partial charge is 0.349 e. The van der Waals surface area contributed by atoms with Gasteiger partial charge in [0.25, 0.3) is 0 Å². The van der Waals surface area contributed by atoms with Gasteiger partial charge in [0.2, 0.25) is 0 Å². The SMILES string of the molecule is C[C@@H]1C[C@@H](CC=O)O[C@@H](C(C)(C)C)O1. The summed E-state index contributed by atoms with van der Waals surface area (Å²) in [5.41, 5.74) is -0.0319. The quantitative estimate of drug-likeness (QED) is 0.641. The monoisotopic (exact) mass is 200 g/mol. The average Bonchev–Trinajstić information content (AvgIpc) is 2.02. The highest BCUT2D eigenvalue weighted by atomic mass is 16.7. The van der Waals surface area contributed by atoms with Crippen molar-refractivity contribution in [3.8, 4) is 0 Å². The third kappa shape index (κ3) is 3.07. The number of rotatable bonds is 2. The Kier molecular flexibility index (Phi) is 3.67. The van der Waals surface area contributed by atoms with E-state index in [4.69, 9.17) is 9.47 Å². The van der Waals surface area contributed by atoms with Crippen LogP contribution in [0.15, 0.2) is 0 Å². The Morgan fingerprint density at radius 2 is 2.00 bits per heavy atom. The molecule has 1 aliphatic rings. The fourth-order valence-corrected chi connectivity index (χ4v) is 1.57. The lowest BCUT2D eigenvalue weighted by molar-refractivity contribution is -0.274. The Morgan fingerprint density at radius 3 is 2.50 bits per heavy atom. The minimum absolute atomic E-state index is 0.0282. The smallest absolute Gasteiger partial charge is 0.163 e. The first kappa shape index (κ1) is 11.7. The summed E-state index contributed by atoms with van der Waals surface area (Å²) in [5.74, 6) is 0. The Morgan fingerprint density at radius 1 is 1.36 bits per heavy atom. The summed E-state index contributed by atoms with van der Waals surface area (Å²) in [4.78, 5) is 10.4. The fourth-order valence-electron chi connectivity index (χ4n) is 1.57. The molecule has 0 aromatic carbocycles. The van der Waals surface area contributed by atoms with Gasteiger partial charge in [-0.05, 0) is 6.92 Å². The lowest BCUT2D eigenvalue weighted by Crippen LogP contribution is -2.43. The molecule has 0 saturated carbocycles. The number of ether oxygens (including phenoxy) is 2. The lowest BCUT2D eigenvalue weighted by atomic mass is 9.94. The van der Waals surface area contributed by atoms with Gasteiger partial charge < -0.3 is 14.3 Å². The molecule has 3 atom stereocenters. The van der Waals surface area contributed by atoms with E-state index in [0.717, 1.165) is 12.7 Å². The third-order valence-electron chi connectivity index (χ3n) is 2.33. The summed E-state index contributed by atoms with van der Waals surface area (Å²) in [6.07, 6.45) is 2.21. The van der Waals surface area contributed by atoms with Crippen LogP contribution in [0.4, 0.5) is 0 Å². The summed E-state index contributed by atoms with van der Waals surface area (Å²) in [7, 11) is 0. The Bertz CT molecular complexity index is 195. The van der Waals surface area contributed by atoms with E-state index in [-0.39, 0.29) is 23.9 Å². The van der Waals surface area contributed by atoms with Gasteiger partial charge in [-0.25, -0.2) is 0 Å². The topological polar surface area (TPSA) is 35.5 Å². The lowest BCUT2D eigenvalue weighted by Gasteiger charge is -2.40. The van der Waals surface area contributed by atoms with E-state index in [0.29, 0.717) is 6.42 Å². The Labute approximate surface area is 85.8 Å². The van der Waals surface area contributed by atoms with Gasteiger partial charge in [0.1, 0.15) is 6.29 Å². The summed E-state index contributed by atoms with van der Waals surface area (Å²) in [6.45, 7) is 8.26. The van der Waals surface area contributed by atoms with Crippen molar-refractivity contribution in [2.75, 3.05) is 0 Å². The molecule has 0 bridgehead atoms. The van der Waals surface area contributed by atoms with E-state index in [9.17, 15) is 4.79 Å². The van der Waals surface area contributed by atoms with E-state index in [1.54, 1.807) is 0 Å². The van der Waals surface area contributed by atoms with E-state index in [1.165, 1.54) is 0 Å². The van der Waals surface area contributed by atoms with Crippen molar-refractivity contribution >= 4 is 6.29 Å². The fraction of sp³-hybridized carbons (Fsp3) is 0.909. The number of hydrogen-bond acceptors (Lipinski definition) is 3. The zero-order valence-electron chi connectivity index (χ0n) is 9.45. The van der Waals surface area contributed by atoms with Gasteiger partial charge >= 0.3 is 0 Å². The number of carbonyl (C=O) groups is 1. The van der Waals surface area contributed by atoms with Gasteiger partial charge in [-0.2, -0.15) is 0 Å². The molecule has 0 unspecified atom stereocenters. The predicted octanol–water partition coefficient (Wildman–Crippen LogP) is 2.14. The van der Waals surface area contributed by atoms with Crippen LogP contribution in [0, 0.1) is 5.41 Å². The number of hydrogen-bond donors (Lipinski definition) is 0. The van der Waals surface area contributed by atoms with Crippen molar-refractivity contribution in [1.29, 1.82) is 0 Å². The van der Waals surface area contributed by atoms with Gasteiger partial charge in [0.15, 0.2) is 6.29 Å². The molecule has 0 aliphatic carbocycles. The first-order chi connectivity index (χ1) is 6.43. The zero-order valence-corrected chi connectivity index (χ0v) is 9.45. The normalized spacial score (nSPS) is 34.1. The van der Waals surface area contributed by atoms with Gasteiger partial charge in [0, 0.05) is 18.3 Å². The molecule has 1 rings (SSSR count). The van der Waals surface area contributed by atoms with Crippen LogP contribution in [0.3, 0.4) is 0 Å². The van der Waals surface area contributed by atoms with Crippen LogP contribution in [0.1, 0.15) is 40.5 Å². The highest BCUT2D eigenvalue weighted by molar-refractivity contribution is 5.50. The van der Waals surface area contributed by atoms with Gasteiger partial charge in [-0.1, -0.05) is 20.8 Å². The molecule has 1 fully saturated rings. The van der Waals surface area contributed by atoms with Gasteiger partial charge in [0.05, 0.1) is 12.2 Å². The van der Waals surface area contributed by atoms with Crippen LogP contribution < -0.4 is 0 Å². The second-order valence-corrected chi connectivity index (χ2v) is 5.04. The predicted molar refractivity (Wildman–Crippen MR) is 54.0 cm³/mol. The maximum absolute atomic E-state index is 10.4. The summed E-state index contributed by atoms with van der Waals surface area (Å²) >= 11 is 0. The summed E-state index contributed by atoms with van der Waals surface area (Å²) in [5, 5.41) is 0. The van der Waals surface area contributed by atoms with Crippen molar-refractivity contribution in [1.82, 2.24) is 0 Å². The van der Waals surface area contributed by atoms with Crippen molar-refractivity contribution < 1.29 is 14.3 Å². The molecule has 82 valence electrons. The molecule has 1 heterocycles.